The topological polar surface area (TPSA) is 69.6 Å². The Kier molecular flexibility index (Phi) is 6.08. The van der Waals surface area contributed by atoms with Crippen molar-refractivity contribution in [3.8, 4) is 5.75 Å². The van der Waals surface area contributed by atoms with E-state index >= 15 is 0 Å². The summed E-state index contributed by atoms with van der Waals surface area (Å²) in [6, 6.07) is 4.87. The third-order valence-electron chi connectivity index (χ3n) is 3.53. The van der Waals surface area contributed by atoms with Crippen LogP contribution < -0.4 is 15.3 Å². The number of methoxy groups -OCH3 is 1. The number of rotatable bonds is 4. The van der Waals surface area contributed by atoms with Gasteiger partial charge in [-0.1, -0.05) is 32.4 Å². The highest BCUT2D eigenvalue weighted by Crippen LogP contribution is 2.25. The molecule has 0 radical (unpaired) electrons. The summed E-state index contributed by atoms with van der Waals surface area (Å²) in [5, 5.41) is 0.462. The zero-order valence-electron chi connectivity index (χ0n) is 15.2. The maximum absolute atomic E-state index is 12.7. The molecule has 1 atom stereocenters. The molecular weight excluding hydrogens is 358 g/mol. The molecule has 1 aromatic heterocycles. The predicted octanol–water partition coefficient (Wildman–Crippen LogP) is 3.60. The van der Waals surface area contributed by atoms with Gasteiger partial charge < -0.3 is 15.0 Å². The molecule has 0 spiro atoms. The number of hydrogen-bond donors (Lipinski definition) is 1. The van der Waals surface area contributed by atoms with Crippen LogP contribution in [0.3, 0.4) is 0 Å². The van der Waals surface area contributed by atoms with Crippen molar-refractivity contribution in [3.63, 3.8) is 0 Å². The Morgan fingerprint density at radius 2 is 2.12 bits per heavy atom. The van der Waals surface area contributed by atoms with Gasteiger partial charge in [0.15, 0.2) is 4.80 Å². The molecule has 7 heteroatoms. The molecule has 2 N–H and O–H groups in total. The number of aromatic nitrogens is 1. The summed E-state index contributed by atoms with van der Waals surface area (Å²) in [6.07, 6.45) is 2.02. The normalized spacial score (nSPS) is 13.8. The molecule has 5 nitrogen and oxygen atoms in total. The van der Waals surface area contributed by atoms with Gasteiger partial charge in [-0.05, 0) is 30.5 Å². The minimum atomic E-state index is -0.389. The fourth-order valence-electron chi connectivity index (χ4n) is 2.25. The molecule has 0 aliphatic rings. The summed E-state index contributed by atoms with van der Waals surface area (Å²) in [5.41, 5.74) is 6.25. The monoisotopic (exact) mass is 381 g/mol. The molecule has 0 unspecified atom stereocenters. The van der Waals surface area contributed by atoms with Crippen LogP contribution in [0.25, 0.3) is 0 Å². The number of nitrogens with zero attached hydrogens (tertiary/aromatic N) is 2. The third kappa shape index (κ3) is 4.93. The van der Waals surface area contributed by atoms with Gasteiger partial charge in [0.05, 0.1) is 12.7 Å². The van der Waals surface area contributed by atoms with Crippen LogP contribution in [-0.2, 0) is 12.0 Å². The predicted molar refractivity (Wildman–Crippen MR) is 103 cm³/mol. The van der Waals surface area contributed by atoms with E-state index in [1.165, 1.54) is 18.4 Å². The van der Waals surface area contributed by atoms with E-state index in [4.69, 9.17) is 22.1 Å². The molecule has 25 heavy (non-hydrogen) atoms. The molecule has 0 fully saturated rings. The first-order valence-electron chi connectivity index (χ1n) is 8.00. The van der Waals surface area contributed by atoms with Gasteiger partial charge in [0.2, 0.25) is 0 Å². The van der Waals surface area contributed by atoms with Gasteiger partial charge in [-0.15, -0.1) is 11.3 Å². The number of ether oxygens (including phenoxy) is 1. The molecule has 136 valence electrons. The van der Waals surface area contributed by atoms with Gasteiger partial charge in [0, 0.05) is 28.7 Å². The molecule has 1 aromatic carbocycles. The first-order valence-corrected chi connectivity index (χ1v) is 9.20. The molecule has 0 saturated heterocycles. The van der Waals surface area contributed by atoms with Crippen LogP contribution in [-0.4, -0.2) is 23.6 Å². The second-order valence-corrected chi connectivity index (χ2v) is 8.46. The number of nitrogens with two attached hydrogens (primary N) is 1. The molecule has 0 bridgehead atoms. The second-order valence-electron chi connectivity index (χ2n) is 7.02. The quantitative estimate of drug-likeness (QED) is 0.879. The van der Waals surface area contributed by atoms with Gasteiger partial charge in [-0.2, -0.15) is 4.99 Å². The van der Waals surface area contributed by atoms with Crippen molar-refractivity contribution in [2.45, 2.75) is 45.7 Å². The number of halogens is 1. The molecule has 0 aliphatic carbocycles. The van der Waals surface area contributed by atoms with Gasteiger partial charge >= 0.3 is 0 Å². The lowest BCUT2D eigenvalue weighted by molar-refractivity contribution is 0.0994. The van der Waals surface area contributed by atoms with Crippen LogP contribution in [0.1, 0.15) is 42.9 Å². The summed E-state index contributed by atoms with van der Waals surface area (Å²) < 4.78 is 7.19. The van der Waals surface area contributed by atoms with Crippen LogP contribution >= 0.6 is 22.9 Å². The lowest BCUT2D eigenvalue weighted by Gasteiger charge is -2.14. The zero-order chi connectivity index (χ0) is 18.8. The van der Waals surface area contributed by atoms with Crippen molar-refractivity contribution >= 4 is 28.8 Å². The number of benzene rings is 1. The van der Waals surface area contributed by atoms with Crippen molar-refractivity contribution in [1.82, 2.24) is 4.57 Å². The van der Waals surface area contributed by atoms with Crippen molar-refractivity contribution in [3.05, 3.63) is 44.7 Å². The van der Waals surface area contributed by atoms with Gasteiger partial charge in [0.1, 0.15) is 5.75 Å². The van der Waals surface area contributed by atoms with Crippen molar-refractivity contribution in [2.75, 3.05) is 7.11 Å². The Labute approximate surface area is 157 Å². The maximum Gasteiger partial charge on any atom is 0.283 e. The smallest absolute Gasteiger partial charge is 0.283 e. The van der Waals surface area contributed by atoms with Gasteiger partial charge in [-0.25, -0.2) is 0 Å². The number of carbonyl (C=O) groups is 1. The summed E-state index contributed by atoms with van der Waals surface area (Å²) in [5.74, 6) is 0.0598. The average Bonchev–Trinajstić information content (AvgIpc) is 2.89. The van der Waals surface area contributed by atoms with E-state index in [1.807, 2.05) is 17.7 Å². The highest BCUT2D eigenvalue weighted by atomic mass is 35.5. The molecule has 0 saturated carbocycles. The summed E-state index contributed by atoms with van der Waals surface area (Å²) >= 11 is 7.51. The van der Waals surface area contributed by atoms with Gasteiger partial charge in [0.25, 0.3) is 5.91 Å². The van der Waals surface area contributed by atoms with Crippen LogP contribution in [0.4, 0.5) is 0 Å². The van der Waals surface area contributed by atoms with E-state index in [-0.39, 0.29) is 17.4 Å². The molecule has 2 aromatic rings. The average molecular weight is 382 g/mol. The molecule has 1 heterocycles. The number of thiazole rings is 1. The SMILES string of the molecule is COc1ccc(Cl)cc1C(=O)N=c1sc(C(C)(C)C)cn1C[C@@H](C)N. The van der Waals surface area contributed by atoms with Crippen LogP contribution in [0.15, 0.2) is 29.4 Å². The Morgan fingerprint density at radius 1 is 1.44 bits per heavy atom. The van der Waals surface area contributed by atoms with E-state index in [2.05, 4.69) is 25.8 Å². The Hall–Kier alpha value is -1.63. The first-order chi connectivity index (χ1) is 11.6. The largest absolute Gasteiger partial charge is 0.496 e. The van der Waals surface area contributed by atoms with E-state index < -0.39 is 0 Å². The fourth-order valence-corrected chi connectivity index (χ4v) is 3.48. The Balaban J connectivity index is 2.54. The Morgan fingerprint density at radius 3 is 2.68 bits per heavy atom. The van der Waals surface area contributed by atoms with E-state index in [9.17, 15) is 4.79 Å². The molecule has 0 aliphatic heterocycles. The number of amides is 1. The molecule has 2 rings (SSSR count). The first kappa shape index (κ1) is 19.7. The van der Waals surface area contributed by atoms with Crippen molar-refractivity contribution in [2.24, 2.45) is 10.7 Å². The number of hydrogen-bond acceptors (Lipinski definition) is 4. The standard InChI is InChI=1S/C18H24ClN3O2S/c1-11(20)9-22-10-15(18(2,3)4)25-17(22)21-16(23)13-8-12(19)6-7-14(13)24-5/h6-8,10-11H,9,20H2,1-5H3/t11-/m1/s1. The van der Waals surface area contributed by atoms with Crippen molar-refractivity contribution < 1.29 is 9.53 Å². The third-order valence-corrected chi connectivity index (χ3v) is 5.21. The molecular formula is C18H24ClN3O2S. The summed E-state index contributed by atoms with van der Waals surface area (Å²) in [6.45, 7) is 8.89. The summed E-state index contributed by atoms with van der Waals surface area (Å²) in [4.78, 5) is 18.8. The minimum absolute atomic E-state index is 0.0329. The Bertz CT molecular complexity index is 832. The highest BCUT2D eigenvalue weighted by Gasteiger charge is 2.19. The minimum Gasteiger partial charge on any atom is -0.496 e. The lowest BCUT2D eigenvalue weighted by Crippen LogP contribution is -2.27. The van der Waals surface area contributed by atoms with Crippen LogP contribution in [0.2, 0.25) is 5.02 Å². The van der Waals surface area contributed by atoms with Crippen molar-refractivity contribution in [1.29, 1.82) is 0 Å². The number of carbonyl (C=O) groups excluding carboxylic acids is 1. The fraction of sp³-hybridized carbons (Fsp3) is 0.444. The van der Waals surface area contributed by atoms with E-state index in [1.54, 1.807) is 18.2 Å². The second kappa shape index (κ2) is 7.72. The van der Waals surface area contributed by atoms with Crippen LogP contribution in [0.5, 0.6) is 5.75 Å². The van der Waals surface area contributed by atoms with Crippen LogP contribution in [0, 0.1) is 0 Å². The maximum atomic E-state index is 12.7. The zero-order valence-corrected chi connectivity index (χ0v) is 16.7. The van der Waals surface area contributed by atoms with E-state index in [0.29, 0.717) is 27.7 Å². The highest BCUT2D eigenvalue weighted by molar-refractivity contribution is 7.09. The van der Waals surface area contributed by atoms with E-state index in [0.717, 1.165) is 4.88 Å². The summed E-state index contributed by atoms with van der Waals surface area (Å²) in [7, 11) is 1.51. The van der Waals surface area contributed by atoms with Gasteiger partial charge in [-0.3, -0.25) is 4.79 Å². The lowest BCUT2D eigenvalue weighted by atomic mass is 9.95. The molecule has 1 amide bonds.